The van der Waals surface area contributed by atoms with E-state index in [1.165, 1.54) is 4.90 Å². The van der Waals surface area contributed by atoms with Crippen molar-refractivity contribution in [2.75, 3.05) is 13.1 Å². The fourth-order valence-electron chi connectivity index (χ4n) is 2.81. The van der Waals surface area contributed by atoms with Gasteiger partial charge in [0, 0.05) is 31.5 Å². The van der Waals surface area contributed by atoms with E-state index in [-0.39, 0.29) is 24.4 Å². The van der Waals surface area contributed by atoms with Crippen LogP contribution in [0.3, 0.4) is 0 Å². The Labute approximate surface area is 140 Å². The molecule has 0 atom stereocenters. The highest BCUT2D eigenvalue weighted by atomic mass is 19.4. The molecule has 1 amide bonds. The van der Waals surface area contributed by atoms with Crippen molar-refractivity contribution in [3.05, 3.63) is 35.4 Å². The van der Waals surface area contributed by atoms with Crippen LogP contribution in [0.25, 0.3) is 0 Å². The minimum absolute atomic E-state index is 0.00982. The van der Waals surface area contributed by atoms with E-state index in [0.717, 1.165) is 12.0 Å². The molecule has 0 saturated carbocycles. The summed E-state index contributed by atoms with van der Waals surface area (Å²) in [6.07, 6.45) is -4.66. The molecule has 0 aliphatic carbocycles. The van der Waals surface area contributed by atoms with Gasteiger partial charge >= 0.3 is 6.18 Å². The molecule has 1 aromatic rings. The smallest absolute Gasteiger partial charge is 0.380 e. The number of likely N-dealkylation sites (tertiary alicyclic amines) is 1. The van der Waals surface area contributed by atoms with E-state index in [1.807, 2.05) is 12.1 Å². The van der Waals surface area contributed by atoms with Crippen LogP contribution in [-0.4, -0.2) is 40.8 Å². The number of hydrogen-bond acceptors (Lipinski definition) is 2. The second kappa shape index (κ2) is 6.39. The molecule has 0 aromatic heterocycles. The van der Waals surface area contributed by atoms with Crippen LogP contribution in [0.2, 0.25) is 0 Å². The minimum Gasteiger partial charge on any atom is -0.380 e. The molecule has 0 unspecified atom stereocenters. The number of piperidine rings is 1. The summed E-state index contributed by atoms with van der Waals surface area (Å²) in [5, 5.41) is 9.67. The van der Waals surface area contributed by atoms with Crippen LogP contribution in [-0.2, 0) is 5.41 Å². The predicted molar refractivity (Wildman–Crippen MR) is 85.9 cm³/mol. The van der Waals surface area contributed by atoms with Gasteiger partial charge in [-0.2, -0.15) is 13.2 Å². The van der Waals surface area contributed by atoms with Crippen LogP contribution < -0.4 is 0 Å². The Morgan fingerprint density at radius 1 is 1.17 bits per heavy atom. The molecule has 24 heavy (non-hydrogen) atoms. The molecule has 1 aliphatic rings. The Morgan fingerprint density at radius 3 is 2.08 bits per heavy atom. The zero-order valence-electron chi connectivity index (χ0n) is 14.3. The quantitative estimate of drug-likeness (QED) is 0.904. The van der Waals surface area contributed by atoms with E-state index < -0.39 is 24.6 Å². The lowest BCUT2D eigenvalue weighted by molar-refractivity contribution is -0.271. The molecule has 3 nitrogen and oxygen atoms in total. The second-order valence-corrected chi connectivity index (χ2v) is 7.14. The van der Waals surface area contributed by atoms with Crippen molar-refractivity contribution in [1.29, 1.82) is 0 Å². The van der Waals surface area contributed by atoms with Gasteiger partial charge in [0.2, 0.25) is 0 Å². The molecule has 1 heterocycles. The Bertz CT molecular complexity index is 585. The standard InChI is InChI=1S/C18H24F3NO2/c1-4-16(2,3)14-7-5-13(6-8-14)15(23)22-11-9-17(24,10-12-22)18(19,20)21/h5-8,24H,4,9-12H2,1-3H3. The lowest BCUT2D eigenvalue weighted by Gasteiger charge is -2.39. The van der Waals surface area contributed by atoms with Crippen molar-refractivity contribution in [1.82, 2.24) is 4.90 Å². The van der Waals surface area contributed by atoms with Crippen molar-refractivity contribution >= 4 is 5.91 Å². The van der Waals surface area contributed by atoms with Gasteiger partial charge in [0.25, 0.3) is 5.91 Å². The van der Waals surface area contributed by atoms with Crippen LogP contribution in [0.4, 0.5) is 13.2 Å². The highest BCUT2D eigenvalue weighted by Gasteiger charge is 2.54. The molecule has 134 valence electrons. The fraction of sp³-hybridized carbons (Fsp3) is 0.611. The molecule has 1 saturated heterocycles. The predicted octanol–water partition coefficient (Wildman–Crippen LogP) is 3.90. The first-order chi connectivity index (χ1) is 11.0. The fourth-order valence-corrected chi connectivity index (χ4v) is 2.81. The van der Waals surface area contributed by atoms with E-state index in [2.05, 4.69) is 20.8 Å². The summed E-state index contributed by atoms with van der Waals surface area (Å²) in [5.41, 5.74) is -1.09. The molecule has 0 spiro atoms. The van der Waals surface area contributed by atoms with E-state index in [0.29, 0.717) is 5.56 Å². The number of carbonyl (C=O) groups is 1. The van der Waals surface area contributed by atoms with Crippen molar-refractivity contribution in [2.45, 2.75) is 57.2 Å². The number of alkyl halides is 3. The van der Waals surface area contributed by atoms with Crippen LogP contribution in [0.1, 0.15) is 56.0 Å². The van der Waals surface area contributed by atoms with Gasteiger partial charge < -0.3 is 10.0 Å². The van der Waals surface area contributed by atoms with Gasteiger partial charge in [-0.05, 0) is 29.5 Å². The zero-order chi connectivity index (χ0) is 18.2. The summed E-state index contributed by atoms with van der Waals surface area (Å²) in [4.78, 5) is 13.8. The van der Waals surface area contributed by atoms with Gasteiger partial charge in [-0.15, -0.1) is 0 Å². The lowest BCUT2D eigenvalue weighted by Crippen LogP contribution is -2.54. The number of carbonyl (C=O) groups excluding carboxylic acids is 1. The number of aliphatic hydroxyl groups is 1. The zero-order valence-corrected chi connectivity index (χ0v) is 14.3. The first kappa shape index (κ1) is 18.8. The summed E-state index contributed by atoms with van der Waals surface area (Å²) >= 11 is 0. The normalized spacial score (nSPS) is 18.5. The SMILES string of the molecule is CCC(C)(C)c1ccc(C(=O)N2CCC(O)(C(F)(F)F)CC2)cc1. The Hall–Kier alpha value is -1.56. The molecule has 1 N–H and O–H groups in total. The molecule has 1 fully saturated rings. The van der Waals surface area contributed by atoms with Crippen molar-refractivity contribution in [3.8, 4) is 0 Å². The third kappa shape index (κ3) is 3.58. The Balaban J connectivity index is 2.06. The van der Waals surface area contributed by atoms with E-state index in [9.17, 15) is 23.1 Å². The number of benzene rings is 1. The van der Waals surface area contributed by atoms with Gasteiger partial charge in [0.15, 0.2) is 5.60 Å². The van der Waals surface area contributed by atoms with Crippen molar-refractivity contribution in [3.63, 3.8) is 0 Å². The van der Waals surface area contributed by atoms with Gasteiger partial charge in [0.1, 0.15) is 0 Å². The van der Waals surface area contributed by atoms with Gasteiger partial charge in [0.05, 0.1) is 0 Å². The maximum atomic E-state index is 12.8. The van der Waals surface area contributed by atoms with Gasteiger partial charge in [-0.25, -0.2) is 0 Å². The van der Waals surface area contributed by atoms with E-state index in [1.54, 1.807) is 12.1 Å². The minimum atomic E-state index is -4.66. The summed E-state index contributed by atoms with van der Waals surface area (Å²) in [5.74, 6) is -0.292. The molecule has 0 bridgehead atoms. The lowest BCUT2D eigenvalue weighted by atomic mass is 9.82. The van der Waals surface area contributed by atoms with Gasteiger partial charge in [-0.3, -0.25) is 4.79 Å². The highest BCUT2D eigenvalue weighted by Crippen LogP contribution is 2.38. The number of nitrogens with zero attached hydrogens (tertiary/aromatic N) is 1. The average Bonchev–Trinajstić information content (AvgIpc) is 2.54. The largest absolute Gasteiger partial charge is 0.417 e. The summed E-state index contributed by atoms with van der Waals surface area (Å²) in [7, 11) is 0. The topological polar surface area (TPSA) is 40.5 Å². The van der Waals surface area contributed by atoms with E-state index >= 15 is 0 Å². The molecule has 1 aromatic carbocycles. The first-order valence-electron chi connectivity index (χ1n) is 8.19. The highest BCUT2D eigenvalue weighted by molar-refractivity contribution is 5.94. The van der Waals surface area contributed by atoms with Crippen molar-refractivity contribution in [2.24, 2.45) is 0 Å². The summed E-state index contributed by atoms with van der Waals surface area (Å²) < 4.78 is 38.4. The molecule has 0 radical (unpaired) electrons. The van der Waals surface area contributed by atoms with Crippen LogP contribution >= 0.6 is 0 Å². The molecular formula is C18H24F3NO2. The number of amides is 1. The molecule has 1 aliphatic heterocycles. The monoisotopic (exact) mass is 343 g/mol. The third-order valence-corrected chi connectivity index (χ3v) is 5.20. The third-order valence-electron chi connectivity index (χ3n) is 5.20. The van der Waals surface area contributed by atoms with Crippen LogP contribution in [0, 0.1) is 0 Å². The maximum absolute atomic E-state index is 12.8. The van der Waals surface area contributed by atoms with Crippen LogP contribution in [0.15, 0.2) is 24.3 Å². The molecule has 2 rings (SSSR count). The Kier molecular flexibility index (Phi) is 5.00. The maximum Gasteiger partial charge on any atom is 0.417 e. The summed E-state index contributed by atoms with van der Waals surface area (Å²) in [6.45, 7) is 6.13. The van der Waals surface area contributed by atoms with Crippen molar-refractivity contribution < 1.29 is 23.1 Å². The van der Waals surface area contributed by atoms with E-state index in [4.69, 9.17) is 0 Å². The first-order valence-corrected chi connectivity index (χ1v) is 8.19. The number of hydrogen-bond donors (Lipinski definition) is 1. The summed E-state index contributed by atoms with van der Waals surface area (Å²) in [6, 6.07) is 7.23. The number of rotatable bonds is 3. The molecular weight excluding hydrogens is 319 g/mol. The van der Waals surface area contributed by atoms with Gasteiger partial charge in [-0.1, -0.05) is 32.9 Å². The second-order valence-electron chi connectivity index (χ2n) is 7.14. The van der Waals surface area contributed by atoms with Crippen LogP contribution in [0.5, 0.6) is 0 Å². The average molecular weight is 343 g/mol. The molecule has 6 heteroatoms. The number of halogens is 3. The Morgan fingerprint density at radius 2 is 1.67 bits per heavy atom.